The van der Waals surface area contributed by atoms with Crippen molar-refractivity contribution in [2.45, 2.75) is 0 Å². The molecule has 1 N–H and O–H groups in total. The van der Waals surface area contributed by atoms with Crippen LogP contribution in [0.3, 0.4) is 0 Å². The Balaban J connectivity index is 2.82. The van der Waals surface area contributed by atoms with Crippen LogP contribution in [0.25, 0.3) is 0 Å². The number of hydrogen-bond donors (Lipinski definition) is 1. The van der Waals surface area contributed by atoms with Crippen LogP contribution < -0.4 is 5.32 Å². The van der Waals surface area contributed by atoms with Gasteiger partial charge in [-0.05, 0) is 18.2 Å². The first-order valence-corrected chi connectivity index (χ1v) is 4.33. The number of rotatable bonds is 3. The van der Waals surface area contributed by atoms with E-state index in [-0.39, 0.29) is 5.82 Å². The van der Waals surface area contributed by atoms with Crippen molar-refractivity contribution in [1.82, 2.24) is 0 Å². The van der Waals surface area contributed by atoms with Gasteiger partial charge < -0.3 is 5.32 Å². The molecule has 0 atom stereocenters. The van der Waals surface area contributed by atoms with E-state index < -0.39 is 0 Å². The van der Waals surface area contributed by atoms with Crippen molar-refractivity contribution in [2.75, 3.05) is 11.9 Å². The van der Waals surface area contributed by atoms with Crippen molar-refractivity contribution in [3.63, 3.8) is 0 Å². The molecule has 0 amide bonds. The maximum absolute atomic E-state index is 13.0. The molecule has 0 aromatic heterocycles. The maximum atomic E-state index is 13.0. The van der Waals surface area contributed by atoms with E-state index in [2.05, 4.69) is 27.8 Å². The lowest BCUT2D eigenvalue weighted by Crippen LogP contribution is -1.99. The summed E-state index contributed by atoms with van der Waals surface area (Å²) in [7, 11) is 0. The average molecular weight is 230 g/mol. The second-order valence-corrected chi connectivity index (χ2v) is 3.21. The van der Waals surface area contributed by atoms with E-state index >= 15 is 0 Å². The molecule has 0 heterocycles. The summed E-state index contributed by atoms with van der Waals surface area (Å²) in [5, 5.41) is 2.88. The van der Waals surface area contributed by atoms with Gasteiger partial charge in [0.2, 0.25) is 0 Å². The van der Waals surface area contributed by atoms with E-state index in [1.807, 2.05) is 0 Å². The second-order valence-electron chi connectivity index (χ2n) is 2.29. The van der Waals surface area contributed by atoms with Gasteiger partial charge in [-0.2, -0.15) is 0 Å². The Morgan fingerprint density at radius 1 is 1.58 bits per heavy atom. The van der Waals surface area contributed by atoms with Crippen LogP contribution in [0, 0.1) is 5.82 Å². The van der Waals surface area contributed by atoms with E-state index in [1.54, 1.807) is 18.2 Å². The van der Waals surface area contributed by atoms with Gasteiger partial charge in [0.25, 0.3) is 0 Å². The summed E-state index contributed by atoms with van der Waals surface area (Å²) < 4.78 is 13.8. The summed E-state index contributed by atoms with van der Waals surface area (Å²) in [6, 6.07) is 4.77. The third-order valence-electron chi connectivity index (χ3n) is 1.37. The Kier molecular flexibility index (Phi) is 3.29. The summed E-state index contributed by atoms with van der Waals surface area (Å²) in [5.41, 5.74) is 0.490. The fourth-order valence-corrected chi connectivity index (χ4v) is 1.18. The Morgan fingerprint density at radius 3 is 3.00 bits per heavy atom. The molecular formula is C9H9BrFN. The largest absolute Gasteiger partial charge is 0.379 e. The molecule has 0 bridgehead atoms. The first-order valence-electron chi connectivity index (χ1n) is 3.54. The first kappa shape index (κ1) is 9.26. The van der Waals surface area contributed by atoms with Gasteiger partial charge in [-0.1, -0.05) is 22.0 Å². The third-order valence-corrected chi connectivity index (χ3v) is 1.86. The van der Waals surface area contributed by atoms with Crippen molar-refractivity contribution in [3.05, 3.63) is 41.1 Å². The van der Waals surface area contributed by atoms with Gasteiger partial charge in [-0.25, -0.2) is 4.39 Å². The second kappa shape index (κ2) is 4.26. The van der Waals surface area contributed by atoms with Crippen molar-refractivity contribution in [1.29, 1.82) is 0 Å². The summed E-state index contributed by atoms with van der Waals surface area (Å²) in [6.45, 7) is 4.09. The zero-order valence-corrected chi connectivity index (χ0v) is 8.07. The molecule has 0 fully saturated rings. The van der Waals surface area contributed by atoms with Crippen LogP contribution >= 0.6 is 15.9 Å². The molecular weight excluding hydrogens is 221 g/mol. The first-order chi connectivity index (χ1) is 5.74. The van der Waals surface area contributed by atoms with E-state index in [0.717, 1.165) is 4.47 Å². The monoisotopic (exact) mass is 229 g/mol. The highest BCUT2D eigenvalue weighted by Gasteiger charge is 1.99. The molecule has 0 saturated carbocycles. The minimum Gasteiger partial charge on any atom is -0.379 e. The number of nitrogens with one attached hydrogen (secondary N) is 1. The minimum atomic E-state index is -0.250. The lowest BCUT2D eigenvalue weighted by Gasteiger charge is -2.04. The molecule has 3 heteroatoms. The number of hydrogen-bond acceptors (Lipinski definition) is 1. The molecule has 1 aromatic carbocycles. The van der Waals surface area contributed by atoms with Gasteiger partial charge in [0.05, 0.1) is 5.69 Å². The standard InChI is InChI=1S/C9H9BrFN/c1-2-5-12-9-6-7(10)3-4-8(9)11/h2-4,6,12H,1,5H2. The molecule has 1 aromatic rings. The molecule has 0 aliphatic rings. The molecule has 0 aliphatic heterocycles. The minimum absolute atomic E-state index is 0.250. The fraction of sp³-hybridized carbons (Fsp3) is 0.111. The Bertz CT molecular complexity index is 286. The van der Waals surface area contributed by atoms with Gasteiger partial charge in [-0.3, -0.25) is 0 Å². The highest BCUT2D eigenvalue weighted by Crippen LogP contribution is 2.19. The van der Waals surface area contributed by atoms with E-state index in [1.165, 1.54) is 6.07 Å². The van der Waals surface area contributed by atoms with Gasteiger partial charge in [0.15, 0.2) is 0 Å². The normalized spacial score (nSPS) is 9.50. The predicted octanol–water partition coefficient (Wildman–Crippen LogP) is 3.19. The number of benzene rings is 1. The third kappa shape index (κ3) is 2.34. The Morgan fingerprint density at radius 2 is 2.33 bits per heavy atom. The zero-order valence-electron chi connectivity index (χ0n) is 6.48. The predicted molar refractivity (Wildman–Crippen MR) is 52.8 cm³/mol. The molecule has 0 spiro atoms. The van der Waals surface area contributed by atoms with Gasteiger partial charge in [0, 0.05) is 11.0 Å². The quantitative estimate of drug-likeness (QED) is 0.786. The summed E-state index contributed by atoms with van der Waals surface area (Å²) >= 11 is 3.26. The Labute approximate surface area is 79.4 Å². The van der Waals surface area contributed by atoms with Crippen LogP contribution in [0.1, 0.15) is 0 Å². The van der Waals surface area contributed by atoms with Crippen LogP contribution in [-0.4, -0.2) is 6.54 Å². The molecule has 0 radical (unpaired) electrons. The zero-order chi connectivity index (χ0) is 8.97. The molecule has 0 unspecified atom stereocenters. The summed E-state index contributed by atoms with van der Waals surface area (Å²) in [6.07, 6.45) is 1.68. The van der Waals surface area contributed by atoms with E-state index in [9.17, 15) is 4.39 Å². The molecule has 0 aliphatic carbocycles. The maximum Gasteiger partial charge on any atom is 0.146 e. The van der Waals surface area contributed by atoms with Gasteiger partial charge >= 0.3 is 0 Å². The van der Waals surface area contributed by atoms with Crippen molar-refractivity contribution < 1.29 is 4.39 Å². The highest BCUT2D eigenvalue weighted by molar-refractivity contribution is 9.10. The van der Waals surface area contributed by atoms with Gasteiger partial charge in [0.1, 0.15) is 5.82 Å². The lowest BCUT2D eigenvalue weighted by molar-refractivity contribution is 0.630. The number of anilines is 1. The van der Waals surface area contributed by atoms with E-state index in [0.29, 0.717) is 12.2 Å². The lowest BCUT2D eigenvalue weighted by atomic mass is 10.3. The van der Waals surface area contributed by atoms with Crippen molar-refractivity contribution >= 4 is 21.6 Å². The van der Waals surface area contributed by atoms with Crippen LogP contribution in [0.15, 0.2) is 35.3 Å². The van der Waals surface area contributed by atoms with Crippen LogP contribution in [-0.2, 0) is 0 Å². The molecule has 1 nitrogen and oxygen atoms in total. The molecule has 0 saturated heterocycles. The smallest absolute Gasteiger partial charge is 0.146 e. The summed E-state index contributed by atoms with van der Waals surface area (Å²) in [4.78, 5) is 0. The Hall–Kier alpha value is -0.830. The van der Waals surface area contributed by atoms with Crippen LogP contribution in [0.4, 0.5) is 10.1 Å². The van der Waals surface area contributed by atoms with Gasteiger partial charge in [-0.15, -0.1) is 6.58 Å². The van der Waals surface area contributed by atoms with Crippen LogP contribution in [0.2, 0.25) is 0 Å². The van der Waals surface area contributed by atoms with Crippen LogP contribution in [0.5, 0.6) is 0 Å². The number of halogens is 2. The fourth-order valence-electron chi connectivity index (χ4n) is 0.815. The SMILES string of the molecule is C=CCNc1cc(Br)ccc1F. The average Bonchev–Trinajstić information content (AvgIpc) is 2.07. The molecule has 1 rings (SSSR count). The van der Waals surface area contributed by atoms with Crippen molar-refractivity contribution in [3.8, 4) is 0 Å². The molecule has 64 valence electrons. The van der Waals surface area contributed by atoms with Crippen molar-refractivity contribution in [2.24, 2.45) is 0 Å². The van der Waals surface area contributed by atoms with E-state index in [4.69, 9.17) is 0 Å². The highest BCUT2D eigenvalue weighted by atomic mass is 79.9. The molecule has 12 heavy (non-hydrogen) atoms. The topological polar surface area (TPSA) is 12.0 Å². The summed E-state index contributed by atoms with van der Waals surface area (Å²) in [5.74, 6) is -0.250.